The molecule has 0 N–H and O–H groups in total. The Hall–Kier alpha value is -1.59. The standard InChI is InChI=1S/C12H7NO2S2/c14-6-8-5-9(7-16-8)17-12-13-10-3-1-2-4-11(10)15-12/h1-7H. The molecule has 2 heterocycles. The second-order valence-electron chi connectivity index (χ2n) is 3.35. The van der Waals surface area contributed by atoms with E-state index in [0.29, 0.717) is 10.1 Å². The van der Waals surface area contributed by atoms with Crippen LogP contribution in [0.2, 0.25) is 0 Å². The van der Waals surface area contributed by atoms with E-state index in [2.05, 4.69) is 4.98 Å². The molecule has 3 rings (SSSR count). The van der Waals surface area contributed by atoms with Crippen molar-refractivity contribution in [2.24, 2.45) is 0 Å². The Morgan fingerprint density at radius 1 is 1.35 bits per heavy atom. The van der Waals surface area contributed by atoms with Crippen LogP contribution in [0.1, 0.15) is 9.67 Å². The summed E-state index contributed by atoms with van der Waals surface area (Å²) in [5.74, 6) is 0. The van der Waals surface area contributed by atoms with Crippen LogP contribution in [0.15, 0.2) is 50.2 Å². The van der Waals surface area contributed by atoms with E-state index in [0.717, 1.165) is 22.3 Å². The first-order valence-electron chi connectivity index (χ1n) is 4.92. The van der Waals surface area contributed by atoms with Crippen molar-refractivity contribution in [3.63, 3.8) is 0 Å². The summed E-state index contributed by atoms with van der Waals surface area (Å²) in [5.41, 5.74) is 1.63. The molecule has 0 aliphatic heterocycles. The zero-order valence-electron chi connectivity index (χ0n) is 8.62. The third kappa shape index (κ3) is 2.11. The summed E-state index contributed by atoms with van der Waals surface area (Å²) < 4.78 is 5.58. The van der Waals surface area contributed by atoms with Crippen LogP contribution < -0.4 is 0 Å². The van der Waals surface area contributed by atoms with Crippen molar-refractivity contribution in [3.05, 3.63) is 40.6 Å². The number of oxazole rings is 1. The topological polar surface area (TPSA) is 43.1 Å². The van der Waals surface area contributed by atoms with Gasteiger partial charge in [-0.15, -0.1) is 11.3 Å². The molecule has 0 aliphatic carbocycles. The maximum atomic E-state index is 10.6. The Morgan fingerprint density at radius 2 is 2.24 bits per heavy atom. The van der Waals surface area contributed by atoms with Crippen LogP contribution in [-0.4, -0.2) is 11.3 Å². The lowest BCUT2D eigenvalue weighted by Gasteiger charge is -1.88. The van der Waals surface area contributed by atoms with Gasteiger partial charge in [0, 0.05) is 10.3 Å². The lowest BCUT2D eigenvalue weighted by atomic mass is 10.3. The Kier molecular flexibility index (Phi) is 2.70. The molecule has 0 amide bonds. The van der Waals surface area contributed by atoms with E-state index in [9.17, 15) is 4.79 Å². The molecule has 17 heavy (non-hydrogen) atoms. The quantitative estimate of drug-likeness (QED) is 0.672. The van der Waals surface area contributed by atoms with Gasteiger partial charge in [0.15, 0.2) is 11.9 Å². The van der Waals surface area contributed by atoms with Crippen molar-refractivity contribution in [3.8, 4) is 0 Å². The smallest absolute Gasteiger partial charge is 0.261 e. The number of aldehydes is 1. The molecule has 5 heteroatoms. The molecule has 84 valence electrons. The van der Waals surface area contributed by atoms with Gasteiger partial charge in [0.1, 0.15) is 5.52 Å². The van der Waals surface area contributed by atoms with Gasteiger partial charge in [-0.25, -0.2) is 4.98 Å². The summed E-state index contributed by atoms with van der Waals surface area (Å²) in [6, 6.07) is 9.47. The summed E-state index contributed by atoms with van der Waals surface area (Å²) in [5, 5.41) is 2.52. The fourth-order valence-corrected chi connectivity index (χ4v) is 3.09. The fraction of sp³-hybridized carbons (Fsp3) is 0. The molecule has 0 atom stereocenters. The molecule has 0 aliphatic rings. The summed E-state index contributed by atoms with van der Waals surface area (Å²) in [6.07, 6.45) is 0.848. The number of benzene rings is 1. The van der Waals surface area contributed by atoms with Crippen molar-refractivity contribution in [1.82, 2.24) is 4.98 Å². The van der Waals surface area contributed by atoms with Crippen LogP contribution in [0, 0.1) is 0 Å². The van der Waals surface area contributed by atoms with E-state index in [1.165, 1.54) is 23.1 Å². The van der Waals surface area contributed by atoms with Crippen molar-refractivity contribution in [2.45, 2.75) is 10.1 Å². The second-order valence-corrected chi connectivity index (χ2v) is 5.32. The molecule has 3 nitrogen and oxygen atoms in total. The second kappa shape index (κ2) is 4.35. The lowest BCUT2D eigenvalue weighted by Crippen LogP contribution is -1.69. The Balaban J connectivity index is 1.91. The average molecular weight is 261 g/mol. The number of rotatable bonds is 3. The third-order valence-electron chi connectivity index (χ3n) is 2.19. The molecule has 0 saturated heterocycles. The third-order valence-corrected chi connectivity index (χ3v) is 4.02. The number of thiophene rings is 1. The van der Waals surface area contributed by atoms with Crippen LogP contribution in [0.4, 0.5) is 0 Å². The van der Waals surface area contributed by atoms with Crippen molar-refractivity contribution in [1.29, 1.82) is 0 Å². The lowest BCUT2D eigenvalue weighted by molar-refractivity contribution is 0.112. The van der Waals surface area contributed by atoms with E-state index in [4.69, 9.17) is 4.42 Å². The summed E-state index contributed by atoms with van der Waals surface area (Å²) >= 11 is 2.84. The molecule has 0 bridgehead atoms. The van der Waals surface area contributed by atoms with E-state index < -0.39 is 0 Å². The monoisotopic (exact) mass is 261 g/mol. The number of carbonyl (C=O) groups excluding carboxylic acids is 1. The van der Waals surface area contributed by atoms with Gasteiger partial charge in [0.05, 0.1) is 4.88 Å². The van der Waals surface area contributed by atoms with Crippen molar-refractivity contribution >= 4 is 40.5 Å². The highest BCUT2D eigenvalue weighted by Gasteiger charge is 2.08. The maximum Gasteiger partial charge on any atom is 0.261 e. The van der Waals surface area contributed by atoms with Gasteiger partial charge >= 0.3 is 0 Å². The van der Waals surface area contributed by atoms with Gasteiger partial charge in [0.2, 0.25) is 0 Å². The molecule has 0 saturated carbocycles. The maximum absolute atomic E-state index is 10.6. The van der Waals surface area contributed by atoms with Gasteiger partial charge < -0.3 is 4.42 Å². The SMILES string of the molecule is O=Cc1cc(Sc2nc3ccccc3o2)cs1. The molecule has 2 aromatic heterocycles. The van der Waals surface area contributed by atoms with Gasteiger partial charge in [-0.05, 0) is 30.0 Å². The minimum atomic E-state index is 0.599. The molecule has 0 fully saturated rings. The minimum Gasteiger partial charge on any atom is -0.431 e. The largest absolute Gasteiger partial charge is 0.431 e. The Morgan fingerprint density at radius 3 is 3.00 bits per heavy atom. The van der Waals surface area contributed by atoms with Crippen molar-refractivity contribution in [2.75, 3.05) is 0 Å². The highest BCUT2D eigenvalue weighted by Crippen LogP contribution is 2.32. The summed E-state index contributed by atoms with van der Waals surface area (Å²) in [6.45, 7) is 0. The normalized spacial score (nSPS) is 10.8. The number of aromatic nitrogens is 1. The Labute approximate surface area is 105 Å². The van der Waals surface area contributed by atoms with Crippen LogP contribution in [-0.2, 0) is 0 Å². The first-order valence-corrected chi connectivity index (χ1v) is 6.62. The van der Waals surface area contributed by atoms with E-state index in [1.807, 2.05) is 35.7 Å². The number of para-hydroxylation sites is 2. The van der Waals surface area contributed by atoms with Crippen LogP contribution >= 0.6 is 23.1 Å². The highest BCUT2D eigenvalue weighted by atomic mass is 32.2. The summed E-state index contributed by atoms with van der Waals surface area (Å²) in [4.78, 5) is 16.6. The van der Waals surface area contributed by atoms with Gasteiger partial charge in [-0.3, -0.25) is 4.79 Å². The fourth-order valence-electron chi connectivity index (χ4n) is 1.45. The number of hydrogen-bond donors (Lipinski definition) is 0. The molecule has 0 spiro atoms. The Bertz CT molecular complexity index is 639. The minimum absolute atomic E-state index is 0.599. The predicted octanol–water partition coefficient (Wildman–Crippen LogP) is 3.85. The first kappa shape index (κ1) is 10.6. The highest BCUT2D eigenvalue weighted by molar-refractivity contribution is 7.99. The number of hydrogen-bond acceptors (Lipinski definition) is 5. The predicted molar refractivity (Wildman–Crippen MR) is 67.8 cm³/mol. The first-order chi connectivity index (χ1) is 8.35. The van der Waals surface area contributed by atoms with Crippen molar-refractivity contribution < 1.29 is 9.21 Å². The van der Waals surface area contributed by atoms with Crippen LogP contribution in [0.5, 0.6) is 0 Å². The number of fused-ring (bicyclic) bond motifs is 1. The molecule has 3 aromatic rings. The van der Waals surface area contributed by atoms with E-state index in [-0.39, 0.29) is 0 Å². The number of nitrogens with zero attached hydrogens (tertiary/aromatic N) is 1. The zero-order chi connectivity index (χ0) is 11.7. The van der Waals surface area contributed by atoms with E-state index >= 15 is 0 Å². The molecular weight excluding hydrogens is 254 g/mol. The summed E-state index contributed by atoms with van der Waals surface area (Å²) in [7, 11) is 0. The molecular formula is C12H7NO2S2. The number of carbonyl (C=O) groups is 1. The van der Waals surface area contributed by atoms with Crippen LogP contribution in [0.25, 0.3) is 11.1 Å². The zero-order valence-corrected chi connectivity index (χ0v) is 10.3. The molecule has 0 unspecified atom stereocenters. The van der Waals surface area contributed by atoms with Crippen LogP contribution in [0.3, 0.4) is 0 Å². The van der Waals surface area contributed by atoms with Gasteiger partial charge in [-0.1, -0.05) is 12.1 Å². The van der Waals surface area contributed by atoms with E-state index in [1.54, 1.807) is 0 Å². The molecule has 1 aromatic carbocycles. The van der Waals surface area contributed by atoms with Gasteiger partial charge in [0.25, 0.3) is 5.22 Å². The average Bonchev–Trinajstić information content (AvgIpc) is 2.94. The van der Waals surface area contributed by atoms with Gasteiger partial charge in [-0.2, -0.15) is 0 Å². The molecule has 0 radical (unpaired) electrons.